The molecule has 9 atom stereocenters. The molecule has 0 aliphatic heterocycles. The number of furan rings is 1. The van der Waals surface area contributed by atoms with Gasteiger partial charge in [-0.1, -0.05) is 38.5 Å². The van der Waals surface area contributed by atoms with E-state index < -0.39 is 34.4 Å². The van der Waals surface area contributed by atoms with Crippen molar-refractivity contribution in [3.8, 4) is 0 Å². The molecule has 2 N–H and O–H groups in total. The van der Waals surface area contributed by atoms with Crippen molar-refractivity contribution in [1.82, 2.24) is 0 Å². The van der Waals surface area contributed by atoms with E-state index in [0.29, 0.717) is 0 Å². The van der Waals surface area contributed by atoms with E-state index in [2.05, 4.69) is 13.0 Å². The standard InChI is InChI=1S/C26H32O5/c1-23(14-27)10-8-19(28)26(4)18-7-11-24(2)16(15-9-12-31-13-15)5-6-17(24)25(18,3)22(30)20(29)21(23)26/h6,8-10,12-14,16,18,20-22,29-30H,5,7,11H2,1-4H3/t16-,18-,20+,21-,22+,23+,24+,25-,26-/m0/s1. The Morgan fingerprint density at radius 2 is 1.90 bits per heavy atom. The first-order valence-electron chi connectivity index (χ1n) is 11.3. The minimum absolute atomic E-state index is 0.0485. The summed E-state index contributed by atoms with van der Waals surface area (Å²) in [4.78, 5) is 25.5. The molecule has 0 spiro atoms. The summed E-state index contributed by atoms with van der Waals surface area (Å²) in [5.74, 6) is -0.620. The number of fused-ring (bicyclic) bond motifs is 5. The van der Waals surface area contributed by atoms with Gasteiger partial charge in [-0.2, -0.15) is 0 Å². The summed E-state index contributed by atoms with van der Waals surface area (Å²) < 4.78 is 5.36. The van der Waals surface area contributed by atoms with E-state index >= 15 is 0 Å². The lowest BCUT2D eigenvalue weighted by Gasteiger charge is -2.66. The molecule has 0 unspecified atom stereocenters. The summed E-state index contributed by atoms with van der Waals surface area (Å²) in [5, 5.41) is 23.1. The molecule has 1 heterocycles. The van der Waals surface area contributed by atoms with Crippen LogP contribution in [0.15, 0.2) is 46.8 Å². The highest BCUT2D eigenvalue weighted by molar-refractivity contribution is 5.98. The van der Waals surface area contributed by atoms with Gasteiger partial charge < -0.3 is 19.4 Å². The second-order valence-corrected chi connectivity index (χ2v) is 11.1. The van der Waals surface area contributed by atoms with Crippen molar-refractivity contribution >= 4 is 12.1 Å². The summed E-state index contributed by atoms with van der Waals surface area (Å²) in [7, 11) is 0. The molecule has 4 aliphatic carbocycles. The summed E-state index contributed by atoms with van der Waals surface area (Å²) in [6.07, 6.45) is 9.95. The minimum Gasteiger partial charge on any atom is -0.472 e. The maximum Gasteiger partial charge on any atom is 0.161 e. The highest BCUT2D eigenvalue weighted by atomic mass is 16.3. The monoisotopic (exact) mass is 424 g/mol. The van der Waals surface area contributed by atoms with E-state index in [1.165, 1.54) is 6.08 Å². The Kier molecular flexibility index (Phi) is 4.24. The van der Waals surface area contributed by atoms with Crippen LogP contribution in [0.5, 0.6) is 0 Å². The van der Waals surface area contributed by atoms with Crippen LogP contribution in [0, 0.1) is 33.5 Å². The van der Waals surface area contributed by atoms with E-state index in [9.17, 15) is 19.8 Å². The van der Waals surface area contributed by atoms with Crippen LogP contribution < -0.4 is 0 Å². The van der Waals surface area contributed by atoms with Gasteiger partial charge in [-0.15, -0.1) is 0 Å². The Bertz CT molecular complexity index is 991. The SMILES string of the molecule is C[C@]1(C=O)C=CC(=O)[C@]2(C)[C@H]3CC[C@@]4(C)C(=CC[C@H]4c4ccoc4)[C@]3(C)[C@H](O)[C@H](O)[C@@H]12. The van der Waals surface area contributed by atoms with Crippen molar-refractivity contribution in [3.05, 3.63) is 48.0 Å². The van der Waals surface area contributed by atoms with Crippen molar-refractivity contribution in [2.75, 3.05) is 0 Å². The van der Waals surface area contributed by atoms with E-state index in [0.717, 1.165) is 36.7 Å². The van der Waals surface area contributed by atoms with E-state index in [1.54, 1.807) is 25.5 Å². The summed E-state index contributed by atoms with van der Waals surface area (Å²) in [6.45, 7) is 7.95. The molecular formula is C26H32O5. The minimum atomic E-state index is -1.17. The Balaban J connectivity index is 1.66. The average Bonchev–Trinajstić information content (AvgIpc) is 3.37. The number of aldehydes is 1. The van der Waals surface area contributed by atoms with Gasteiger partial charge in [0.15, 0.2) is 5.78 Å². The van der Waals surface area contributed by atoms with Crippen molar-refractivity contribution in [1.29, 1.82) is 0 Å². The first kappa shape index (κ1) is 20.9. The van der Waals surface area contributed by atoms with Crippen molar-refractivity contribution in [3.63, 3.8) is 0 Å². The maximum absolute atomic E-state index is 13.4. The van der Waals surface area contributed by atoms with Crippen LogP contribution in [0.25, 0.3) is 0 Å². The van der Waals surface area contributed by atoms with E-state index in [4.69, 9.17) is 4.42 Å². The normalized spacial score (nSPS) is 51.0. The molecular weight excluding hydrogens is 392 g/mol. The quantitative estimate of drug-likeness (QED) is 0.557. The molecule has 1 aromatic rings. The molecule has 31 heavy (non-hydrogen) atoms. The van der Waals surface area contributed by atoms with E-state index in [1.807, 2.05) is 19.9 Å². The van der Waals surface area contributed by atoms with Gasteiger partial charge in [-0.25, -0.2) is 0 Å². The first-order chi connectivity index (χ1) is 14.5. The third-order valence-electron chi connectivity index (χ3n) is 9.84. The zero-order valence-electron chi connectivity index (χ0n) is 18.7. The molecule has 0 bridgehead atoms. The first-order valence-corrected chi connectivity index (χ1v) is 11.3. The number of carbonyl (C=O) groups excluding carboxylic acids is 2. The lowest BCUT2D eigenvalue weighted by molar-refractivity contribution is -0.220. The van der Waals surface area contributed by atoms with Crippen LogP contribution in [0.2, 0.25) is 0 Å². The molecule has 166 valence electrons. The van der Waals surface area contributed by atoms with Gasteiger partial charge in [0.25, 0.3) is 0 Å². The number of allylic oxidation sites excluding steroid dienone is 3. The maximum atomic E-state index is 13.4. The molecule has 5 heteroatoms. The Morgan fingerprint density at radius 1 is 1.16 bits per heavy atom. The number of hydrogen-bond donors (Lipinski definition) is 2. The molecule has 5 rings (SSSR count). The Labute approximate surface area is 183 Å². The van der Waals surface area contributed by atoms with Gasteiger partial charge in [0.1, 0.15) is 6.29 Å². The fraction of sp³-hybridized carbons (Fsp3) is 0.615. The topological polar surface area (TPSA) is 87.7 Å². The van der Waals surface area contributed by atoms with Crippen LogP contribution in [-0.2, 0) is 9.59 Å². The zero-order chi connectivity index (χ0) is 22.4. The summed E-state index contributed by atoms with van der Waals surface area (Å²) in [5.41, 5.74) is -0.552. The molecule has 0 amide bonds. The molecule has 0 aromatic carbocycles. The van der Waals surface area contributed by atoms with Crippen molar-refractivity contribution in [2.24, 2.45) is 33.5 Å². The van der Waals surface area contributed by atoms with Gasteiger partial charge in [0.05, 0.1) is 24.7 Å². The lowest BCUT2D eigenvalue weighted by Crippen LogP contribution is -2.71. The summed E-state index contributed by atoms with van der Waals surface area (Å²) in [6, 6.07) is 2.01. The van der Waals surface area contributed by atoms with Crippen molar-refractivity contribution in [2.45, 2.75) is 65.1 Å². The zero-order valence-corrected chi connectivity index (χ0v) is 18.7. The molecule has 5 nitrogen and oxygen atoms in total. The molecule has 2 saturated carbocycles. The Hall–Kier alpha value is -1.98. The number of hydrogen-bond acceptors (Lipinski definition) is 5. The second kappa shape index (κ2) is 6.29. The van der Waals surface area contributed by atoms with E-state index in [-0.39, 0.29) is 23.0 Å². The third kappa shape index (κ3) is 2.29. The molecule has 0 saturated heterocycles. The van der Waals surface area contributed by atoms with Gasteiger partial charge in [-0.3, -0.25) is 4.79 Å². The fourth-order valence-electron chi connectivity index (χ4n) is 8.36. The van der Waals surface area contributed by atoms with Crippen molar-refractivity contribution < 1.29 is 24.2 Å². The fourth-order valence-corrected chi connectivity index (χ4v) is 8.36. The lowest BCUT2D eigenvalue weighted by atomic mass is 9.37. The highest BCUT2D eigenvalue weighted by Crippen LogP contribution is 2.72. The third-order valence-corrected chi connectivity index (χ3v) is 9.84. The number of aliphatic hydroxyl groups is 2. The number of carbonyl (C=O) groups is 2. The smallest absolute Gasteiger partial charge is 0.161 e. The molecule has 0 radical (unpaired) electrons. The predicted molar refractivity (Wildman–Crippen MR) is 115 cm³/mol. The van der Waals surface area contributed by atoms with Crippen LogP contribution in [-0.4, -0.2) is 34.5 Å². The number of ketones is 1. The van der Waals surface area contributed by atoms with Gasteiger partial charge in [0.2, 0.25) is 0 Å². The van der Waals surface area contributed by atoms with Crippen LogP contribution in [0.1, 0.15) is 58.4 Å². The highest BCUT2D eigenvalue weighted by Gasteiger charge is 2.72. The molecule has 4 aliphatic rings. The number of aliphatic hydroxyl groups excluding tert-OH is 2. The van der Waals surface area contributed by atoms with Gasteiger partial charge >= 0.3 is 0 Å². The Morgan fingerprint density at radius 3 is 2.55 bits per heavy atom. The average molecular weight is 425 g/mol. The predicted octanol–water partition coefficient (Wildman–Crippen LogP) is 3.82. The van der Waals surface area contributed by atoms with Crippen LogP contribution in [0.3, 0.4) is 0 Å². The van der Waals surface area contributed by atoms with Crippen LogP contribution >= 0.6 is 0 Å². The molecule has 1 aromatic heterocycles. The molecule has 2 fully saturated rings. The van der Waals surface area contributed by atoms with Gasteiger partial charge in [0, 0.05) is 22.2 Å². The van der Waals surface area contributed by atoms with Gasteiger partial charge in [-0.05, 0) is 61.1 Å². The largest absolute Gasteiger partial charge is 0.472 e. The van der Waals surface area contributed by atoms with Crippen LogP contribution in [0.4, 0.5) is 0 Å². The number of rotatable bonds is 2. The second-order valence-electron chi connectivity index (χ2n) is 11.1. The summed E-state index contributed by atoms with van der Waals surface area (Å²) >= 11 is 0.